The Balaban J connectivity index is 1.45. The van der Waals surface area contributed by atoms with E-state index in [4.69, 9.17) is 12.2 Å². The van der Waals surface area contributed by atoms with Crippen LogP contribution in [0.15, 0.2) is 84.9 Å². The molecule has 3 aromatic carbocycles. The van der Waals surface area contributed by atoms with Crippen LogP contribution in [-0.2, 0) is 0 Å². The summed E-state index contributed by atoms with van der Waals surface area (Å²) in [5, 5.41) is 3.83. The van der Waals surface area contributed by atoms with E-state index < -0.39 is 0 Å². The summed E-state index contributed by atoms with van der Waals surface area (Å²) in [7, 11) is 0. The number of halogens is 1. The lowest BCUT2D eigenvalue weighted by atomic mass is 9.96. The Kier molecular flexibility index (Phi) is 6.17. The van der Waals surface area contributed by atoms with Crippen LogP contribution < -0.4 is 10.2 Å². The van der Waals surface area contributed by atoms with E-state index in [2.05, 4.69) is 70.9 Å². The highest BCUT2D eigenvalue weighted by molar-refractivity contribution is 7.80. The summed E-state index contributed by atoms with van der Waals surface area (Å²) in [6.07, 6.45) is 0. The van der Waals surface area contributed by atoms with Gasteiger partial charge in [0.2, 0.25) is 0 Å². The van der Waals surface area contributed by atoms with Gasteiger partial charge in [-0.05, 0) is 30.4 Å². The van der Waals surface area contributed by atoms with Gasteiger partial charge in [0, 0.05) is 16.8 Å². The van der Waals surface area contributed by atoms with Crippen LogP contribution >= 0.6 is 12.2 Å². The molecular formula is C24H25FN3S+. The Hall–Kier alpha value is -2.76. The molecule has 0 aliphatic carbocycles. The smallest absolute Gasteiger partial charge is 0.173 e. The van der Waals surface area contributed by atoms with E-state index in [0.29, 0.717) is 16.8 Å². The van der Waals surface area contributed by atoms with Gasteiger partial charge >= 0.3 is 0 Å². The quantitative estimate of drug-likeness (QED) is 0.647. The van der Waals surface area contributed by atoms with E-state index in [1.54, 1.807) is 6.07 Å². The first-order chi connectivity index (χ1) is 14.2. The van der Waals surface area contributed by atoms with Gasteiger partial charge in [0.25, 0.3) is 0 Å². The van der Waals surface area contributed by atoms with Crippen molar-refractivity contribution >= 4 is 23.0 Å². The van der Waals surface area contributed by atoms with E-state index in [-0.39, 0.29) is 5.82 Å². The summed E-state index contributed by atoms with van der Waals surface area (Å²) in [5.74, 6) is -0.263. The number of nitrogens with one attached hydrogen (secondary N) is 2. The van der Waals surface area contributed by atoms with Crippen LogP contribution in [0.2, 0.25) is 0 Å². The molecule has 29 heavy (non-hydrogen) atoms. The maximum Gasteiger partial charge on any atom is 0.173 e. The second-order valence-corrected chi connectivity index (χ2v) is 7.73. The molecule has 0 radical (unpaired) electrons. The van der Waals surface area contributed by atoms with Gasteiger partial charge in [-0.2, -0.15) is 0 Å². The number of anilines is 1. The van der Waals surface area contributed by atoms with E-state index in [1.165, 1.54) is 28.2 Å². The number of rotatable bonds is 4. The Labute approximate surface area is 176 Å². The van der Waals surface area contributed by atoms with Crippen molar-refractivity contribution < 1.29 is 9.29 Å². The zero-order chi connectivity index (χ0) is 20.1. The molecule has 0 spiro atoms. The second-order valence-electron chi connectivity index (χ2n) is 7.34. The molecular weight excluding hydrogens is 381 g/mol. The highest BCUT2D eigenvalue weighted by Crippen LogP contribution is 2.19. The maximum atomic E-state index is 13.4. The SMILES string of the molecule is Fc1cccc(NC(=S)N2CC[NH+](C(c3ccccc3)c3ccccc3)CC2)c1. The number of benzene rings is 3. The molecule has 1 heterocycles. The fraction of sp³-hybridized carbons (Fsp3) is 0.208. The van der Waals surface area contributed by atoms with Crippen LogP contribution in [0.4, 0.5) is 10.1 Å². The van der Waals surface area contributed by atoms with Crippen molar-refractivity contribution in [3.63, 3.8) is 0 Å². The molecule has 5 heteroatoms. The van der Waals surface area contributed by atoms with Gasteiger partial charge in [-0.25, -0.2) is 4.39 Å². The number of hydrogen-bond acceptors (Lipinski definition) is 1. The first-order valence-corrected chi connectivity index (χ1v) is 10.4. The van der Waals surface area contributed by atoms with Crippen molar-refractivity contribution in [3.8, 4) is 0 Å². The van der Waals surface area contributed by atoms with Crippen LogP contribution in [0.1, 0.15) is 17.2 Å². The van der Waals surface area contributed by atoms with Gasteiger partial charge in [0.1, 0.15) is 11.9 Å². The molecule has 1 aliphatic rings. The summed E-state index contributed by atoms with van der Waals surface area (Å²) in [6.45, 7) is 3.71. The fourth-order valence-electron chi connectivity index (χ4n) is 4.01. The lowest BCUT2D eigenvalue weighted by Gasteiger charge is -2.38. The summed E-state index contributed by atoms with van der Waals surface area (Å²) < 4.78 is 13.4. The molecule has 1 saturated heterocycles. The van der Waals surface area contributed by atoms with Crippen molar-refractivity contribution in [1.29, 1.82) is 0 Å². The van der Waals surface area contributed by atoms with E-state index in [9.17, 15) is 4.39 Å². The van der Waals surface area contributed by atoms with Gasteiger partial charge < -0.3 is 15.1 Å². The molecule has 3 aromatic rings. The molecule has 4 rings (SSSR count). The van der Waals surface area contributed by atoms with E-state index in [1.807, 2.05) is 6.07 Å². The Morgan fingerprint density at radius 1 is 0.862 bits per heavy atom. The standard InChI is InChI=1S/C24H24FN3S/c25-21-12-7-13-22(18-21)26-24(29)28-16-14-27(15-17-28)23(19-8-3-1-4-9-19)20-10-5-2-6-11-20/h1-13,18,23H,14-17H2,(H,26,29)/p+1. The van der Waals surface area contributed by atoms with Gasteiger partial charge in [0.15, 0.2) is 5.11 Å². The topological polar surface area (TPSA) is 19.7 Å². The van der Waals surface area contributed by atoms with Gasteiger partial charge in [-0.15, -0.1) is 0 Å². The lowest BCUT2D eigenvalue weighted by molar-refractivity contribution is -0.929. The van der Waals surface area contributed by atoms with Crippen LogP contribution in [-0.4, -0.2) is 36.2 Å². The molecule has 0 unspecified atom stereocenters. The molecule has 0 bridgehead atoms. The third-order valence-corrected chi connectivity index (χ3v) is 5.80. The number of nitrogens with zero attached hydrogens (tertiary/aromatic N) is 1. The molecule has 2 N–H and O–H groups in total. The highest BCUT2D eigenvalue weighted by Gasteiger charge is 2.30. The number of hydrogen-bond donors (Lipinski definition) is 2. The summed E-state index contributed by atoms with van der Waals surface area (Å²) in [6, 6.07) is 28.2. The lowest BCUT2D eigenvalue weighted by Crippen LogP contribution is -3.15. The molecule has 0 atom stereocenters. The summed E-state index contributed by atoms with van der Waals surface area (Å²) in [5.41, 5.74) is 3.36. The zero-order valence-electron chi connectivity index (χ0n) is 16.2. The van der Waals surface area contributed by atoms with Crippen molar-refractivity contribution in [2.24, 2.45) is 0 Å². The Morgan fingerprint density at radius 3 is 2.00 bits per heavy atom. The predicted molar refractivity (Wildman–Crippen MR) is 120 cm³/mol. The minimum absolute atomic E-state index is 0.263. The normalized spacial score (nSPS) is 14.8. The van der Waals surface area contributed by atoms with E-state index >= 15 is 0 Å². The summed E-state index contributed by atoms with van der Waals surface area (Å²) in [4.78, 5) is 3.71. The second kappa shape index (κ2) is 9.16. The monoisotopic (exact) mass is 406 g/mol. The molecule has 0 saturated carbocycles. The van der Waals surface area contributed by atoms with Crippen LogP contribution in [0.5, 0.6) is 0 Å². The third kappa shape index (κ3) is 4.81. The average molecular weight is 407 g/mol. The molecule has 0 aromatic heterocycles. The van der Waals surface area contributed by atoms with Gasteiger partial charge in [-0.3, -0.25) is 0 Å². The molecule has 148 valence electrons. The molecule has 1 fully saturated rings. The fourth-order valence-corrected chi connectivity index (χ4v) is 4.31. The van der Waals surface area contributed by atoms with Crippen LogP contribution in [0, 0.1) is 5.82 Å². The first kappa shape index (κ1) is 19.6. The summed E-state index contributed by atoms with van der Waals surface area (Å²) >= 11 is 5.57. The Bertz CT molecular complexity index is 901. The Morgan fingerprint density at radius 2 is 1.45 bits per heavy atom. The maximum absolute atomic E-state index is 13.4. The van der Waals surface area contributed by atoms with Crippen molar-refractivity contribution in [3.05, 3.63) is 102 Å². The number of quaternary nitrogens is 1. The number of thiocarbonyl (C=S) groups is 1. The van der Waals surface area contributed by atoms with Gasteiger partial charge in [-0.1, -0.05) is 66.7 Å². The molecule has 1 aliphatic heterocycles. The molecule has 0 amide bonds. The van der Waals surface area contributed by atoms with Gasteiger partial charge in [0.05, 0.1) is 26.2 Å². The minimum Gasteiger partial charge on any atom is -0.338 e. The largest absolute Gasteiger partial charge is 0.338 e. The highest BCUT2D eigenvalue weighted by atomic mass is 32.1. The zero-order valence-corrected chi connectivity index (χ0v) is 17.0. The number of piperazine rings is 1. The van der Waals surface area contributed by atoms with Crippen LogP contribution in [0.25, 0.3) is 0 Å². The van der Waals surface area contributed by atoms with Crippen molar-refractivity contribution in [2.45, 2.75) is 6.04 Å². The first-order valence-electron chi connectivity index (χ1n) is 9.97. The van der Waals surface area contributed by atoms with Crippen molar-refractivity contribution in [1.82, 2.24) is 4.90 Å². The van der Waals surface area contributed by atoms with Crippen LogP contribution in [0.3, 0.4) is 0 Å². The van der Waals surface area contributed by atoms with E-state index in [0.717, 1.165) is 26.2 Å². The molecule has 3 nitrogen and oxygen atoms in total. The minimum atomic E-state index is -0.263. The van der Waals surface area contributed by atoms with Crippen molar-refractivity contribution in [2.75, 3.05) is 31.5 Å². The predicted octanol–water partition coefficient (Wildman–Crippen LogP) is 3.51. The average Bonchev–Trinajstić information content (AvgIpc) is 2.76. The third-order valence-electron chi connectivity index (χ3n) is 5.44.